The average Bonchev–Trinajstić information content (AvgIpc) is 3.49. The molecule has 482 valence electrons. The molecule has 6 nitrogen and oxygen atoms in total. The van der Waals surface area contributed by atoms with E-state index in [9.17, 15) is 14.4 Å². The van der Waals surface area contributed by atoms with E-state index in [-0.39, 0.29) is 31.1 Å². The first-order valence-electron chi connectivity index (χ1n) is 36.4. The minimum Gasteiger partial charge on any atom is -0.462 e. The van der Waals surface area contributed by atoms with Gasteiger partial charge in [-0.05, 0) is 89.9 Å². The number of rotatable bonds is 67. The molecule has 1 unspecified atom stereocenters. The number of unbranched alkanes of at least 4 members (excludes halogenated alkanes) is 44. The highest BCUT2D eigenvalue weighted by Gasteiger charge is 2.19. The predicted molar refractivity (Wildman–Crippen MR) is 362 cm³/mol. The molecular weight excluding hydrogens is 1020 g/mol. The van der Waals surface area contributed by atoms with Gasteiger partial charge in [-0.25, -0.2) is 0 Å². The van der Waals surface area contributed by atoms with Crippen molar-refractivity contribution < 1.29 is 28.6 Å². The SMILES string of the molecule is CC/C=C\C/C=C\C/C=C\C/C=C\C/C=C\CCCCCCCCCCCCCCCCCCCCCC(=O)OCC(COC(=O)CCCCCCCCC)OC(=O)CCCCCCCCCCCCC/C=C\CCCCCCCCCC. The van der Waals surface area contributed by atoms with Crippen LogP contribution in [0.2, 0.25) is 0 Å². The zero-order chi connectivity index (χ0) is 59.9. The van der Waals surface area contributed by atoms with Crippen LogP contribution in [0.5, 0.6) is 0 Å². The molecule has 0 saturated heterocycles. The molecule has 0 spiro atoms. The first kappa shape index (κ1) is 79.8. The number of esters is 3. The standard InChI is InChI=1S/C77H138O6/c1-4-7-10-13-16-18-20-22-24-26-28-30-32-33-34-35-36-37-38-39-40-41-42-43-45-46-48-50-52-54-56-58-61-64-67-70-76(79)82-73-74(72-81-75(78)69-66-63-60-15-12-9-6-3)83-77(80)71-68-65-62-59-57-55-53-51-49-47-44-31-29-27-25-23-21-19-17-14-11-8-5-2/h7,10,16,18,22,24,27-30,33-34,74H,4-6,8-9,11-15,17,19-21,23,25-26,31-32,35-73H2,1-3H3/b10-7-,18-16-,24-22-,29-27-,30-28-,34-33-. The zero-order valence-corrected chi connectivity index (χ0v) is 55.5. The van der Waals surface area contributed by atoms with Gasteiger partial charge in [-0.15, -0.1) is 0 Å². The van der Waals surface area contributed by atoms with Gasteiger partial charge in [0.05, 0.1) is 0 Å². The highest BCUT2D eigenvalue weighted by molar-refractivity contribution is 5.71. The fourth-order valence-electron chi connectivity index (χ4n) is 10.8. The van der Waals surface area contributed by atoms with Gasteiger partial charge in [0.15, 0.2) is 6.10 Å². The van der Waals surface area contributed by atoms with Crippen LogP contribution >= 0.6 is 0 Å². The van der Waals surface area contributed by atoms with Crippen molar-refractivity contribution in [2.24, 2.45) is 0 Å². The molecule has 83 heavy (non-hydrogen) atoms. The quantitative estimate of drug-likeness (QED) is 0.0261. The third kappa shape index (κ3) is 69.5. The van der Waals surface area contributed by atoms with E-state index < -0.39 is 6.10 Å². The molecule has 0 heterocycles. The van der Waals surface area contributed by atoms with Crippen molar-refractivity contribution >= 4 is 17.9 Å². The van der Waals surface area contributed by atoms with Gasteiger partial charge < -0.3 is 14.2 Å². The predicted octanol–water partition coefficient (Wildman–Crippen LogP) is 25.2. The summed E-state index contributed by atoms with van der Waals surface area (Å²) in [5.74, 6) is -0.854. The van der Waals surface area contributed by atoms with Gasteiger partial charge in [0, 0.05) is 19.3 Å². The molecule has 0 radical (unpaired) electrons. The van der Waals surface area contributed by atoms with Crippen molar-refractivity contribution in [3.05, 3.63) is 72.9 Å². The minimum atomic E-state index is -0.770. The summed E-state index contributed by atoms with van der Waals surface area (Å²) in [4.78, 5) is 38.2. The van der Waals surface area contributed by atoms with Crippen LogP contribution in [-0.4, -0.2) is 37.2 Å². The van der Waals surface area contributed by atoms with Crippen molar-refractivity contribution in [2.45, 2.75) is 386 Å². The first-order chi connectivity index (χ1) is 41.0. The molecule has 0 fully saturated rings. The molecule has 0 aromatic rings. The number of carbonyl (C=O) groups is 3. The van der Waals surface area contributed by atoms with Gasteiger partial charge in [-0.3, -0.25) is 14.4 Å². The van der Waals surface area contributed by atoms with Gasteiger partial charge in [-0.1, -0.05) is 344 Å². The molecule has 1 atom stereocenters. The van der Waals surface area contributed by atoms with E-state index >= 15 is 0 Å². The van der Waals surface area contributed by atoms with E-state index in [1.165, 1.54) is 250 Å². The summed E-state index contributed by atoms with van der Waals surface area (Å²) in [6, 6.07) is 0. The van der Waals surface area contributed by atoms with Gasteiger partial charge in [0.2, 0.25) is 0 Å². The maximum Gasteiger partial charge on any atom is 0.306 e. The lowest BCUT2D eigenvalue weighted by Crippen LogP contribution is -2.30. The average molecular weight is 1160 g/mol. The lowest BCUT2D eigenvalue weighted by Gasteiger charge is -2.18. The second-order valence-electron chi connectivity index (χ2n) is 24.5. The number of hydrogen-bond donors (Lipinski definition) is 0. The van der Waals surface area contributed by atoms with Crippen LogP contribution < -0.4 is 0 Å². The van der Waals surface area contributed by atoms with Crippen molar-refractivity contribution in [1.82, 2.24) is 0 Å². The van der Waals surface area contributed by atoms with Gasteiger partial charge >= 0.3 is 17.9 Å². The van der Waals surface area contributed by atoms with Crippen LogP contribution in [0.25, 0.3) is 0 Å². The van der Waals surface area contributed by atoms with Crippen LogP contribution in [-0.2, 0) is 28.6 Å². The Hall–Kier alpha value is -3.15. The van der Waals surface area contributed by atoms with E-state index in [0.717, 1.165) is 89.9 Å². The molecule has 0 amide bonds. The lowest BCUT2D eigenvalue weighted by atomic mass is 10.0. The summed E-state index contributed by atoms with van der Waals surface area (Å²) in [7, 11) is 0. The molecular formula is C77H138O6. The van der Waals surface area contributed by atoms with Gasteiger partial charge in [0.25, 0.3) is 0 Å². The van der Waals surface area contributed by atoms with E-state index in [1.807, 2.05) is 0 Å². The van der Waals surface area contributed by atoms with Crippen molar-refractivity contribution in [2.75, 3.05) is 13.2 Å². The van der Waals surface area contributed by atoms with Crippen molar-refractivity contribution in [1.29, 1.82) is 0 Å². The van der Waals surface area contributed by atoms with Crippen LogP contribution in [0.4, 0.5) is 0 Å². The van der Waals surface area contributed by atoms with E-state index in [2.05, 4.69) is 93.7 Å². The molecule has 0 N–H and O–H groups in total. The smallest absolute Gasteiger partial charge is 0.306 e. The first-order valence-corrected chi connectivity index (χ1v) is 36.4. The fraction of sp³-hybridized carbons (Fsp3) is 0.805. The highest BCUT2D eigenvalue weighted by atomic mass is 16.6. The monoisotopic (exact) mass is 1160 g/mol. The van der Waals surface area contributed by atoms with Gasteiger partial charge in [0.1, 0.15) is 13.2 Å². The van der Waals surface area contributed by atoms with Crippen LogP contribution in [0.3, 0.4) is 0 Å². The normalized spacial score (nSPS) is 12.5. The molecule has 6 heteroatoms. The van der Waals surface area contributed by atoms with E-state index in [0.29, 0.717) is 19.3 Å². The maximum absolute atomic E-state index is 12.9. The highest BCUT2D eigenvalue weighted by Crippen LogP contribution is 2.18. The molecule has 0 bridgehead atoms. The zero-order valence-electron chi connectivity index (χ0n) is 55.5. The Bertz CT molecular complexity index is 1520. The lowest BCUT2D eigenvalue weighted by molar-refractivity contribution is -0.167. The molecule has 0 aliphatic heterocycles. The van der Waals surface area contributed by atoms with Crippen LogP contribution in [0.15, 0.2) is 72.9 Å². The molecule has 0 aliphatic rings. The Balaban J connectivity index is 3.98. The molecule has 0 aromatic carbocycles. The topological polar surface area (TPSA) is 78.9 Å². The summed E-state index contributed by atoms with van der Waals surface area (Å²) in [5.41, 5.74) is 0. The molecule has 0 rings (SSSR count). The number of allylic oxidation sites excluding steroid dienone is 12. The summed E-state index contributed by atoms with van der Waals surface area (Å²) in [5, 5.41) is 0. The second kappa shape index (κ2) is 71.3. The summed E-state index contributed by atoms with van der Waals surface area (Å²) < 4.78 is 16.9. The molecule has 0 aliphatic carbocycles. The third-order valence-electron chi connectivity index (χ3n) is 16.2. The Morgan fingerprint density at radius 1 is 0.253 bits per heavy atom. The van der Waals surface area contributed by atoms with E-state index in [1.54, 1.807) is 0 Å². The van der Waals surface area contributed by atoms with E-state index in [4.69, 9.17) is 14.2 Å². The van der Waals surface area contributed by atoms with Crippen LogP contribution in [0, 0.1) is 0 Å². The number of ether oxygens (including phenoxy) is 3. The van der Waals surface area contributed by atoms with Crippen molar-refractivity contribution in [3.8, 4) is 0 Å². The molecule has 0 saturated carbocycles. The van der Waals surface area contributed by atoms with Crippen molar-refractivity contribution in [3.63, 3.8) is 0 Å². The number of hydrogen-bond acceptors (Lipinski definition) is 6. The third-order valence-corrected chi connectivity index (χ3v) is 16.2. The second-order valence-corrected chi connectivity index (χ2v) is 24.5. The van der Waals surface area contributed by atoms with Crippen LogP contribution in [0.1, 0.15) is 380 Å². The Morgan fingerprint density at radius 2 is 0.470 bits per heavy atom. The fourth-order valence-corrected chi connectivity index (χ4v) is 10.8. The summed E-state index contributed by atoms with van der Waals surface area (Å²) >= 11 is 0. The molecule has 0 aromatic heterocycles. The maximum atomic E-state index is 12.9. The Morgan fingerprint density at radius 3 is 0.747 bits per heavy atom. The number of carbonyl (C=O) groups excluding carboxylic acids is 3. The summed E-state index contributed by atoms with van der Waals surface area (Å²) in [6.45, 7) is 6.54. The Labute approximate surface area is 516 Å². The van der Waals surface area contributed by atoms with Gasteiger partial charge in [-0.2, -0.15) is 0 Å². The Kier molecular flexibility index (Phi) is 68.6. The summed E-state index contributed by atoms with van der Waals surface area (Å²) in [6.07, 6.45) is 94.0. The largest absolute Gasteiger partial charge is 0.462 e. The minimum absolute atomic E-state index is 0.0694.